The molecular formula is C18H20N4O2. The highest BCUT2D eigenvalue weighted by Gasteiger charge is 2.21. The SMILES string of the molecule is O=C(Nc1ccncc1)c1ccc(CNC(=O)C2CCCN2)cc1. The molecule has 124 valence electrons. The van der Waals surface area contributed by atoms with Crippen LogP contribution in [0.1, 0.15) is 28.8 Å². The Labute approximate surface area is 140 Å². The normalized spacial score (nSPS) is 16.6. The fourth-order valence-corrected chi connectivity index (χ4v) is 2.63. The van der Waals surface area contributed by atoms with Crippen LogP contribution in [0.2, 0.25) is 0 Å². The second-order valence-corrected chi connectivity index (χ2v) is 5.75. The Bertz CT molecular complexity index is 695. The highest BCUT2D eigenvalue weighted by Crippen LogP contribution is 2.10. The molecule has 6 nitrogen and oxygen atoms in total. The van der Waals surface area contributed by atoms with Crippen LogP contribution in [0.25, 0.3) is 0 Å². The van der Waals surface area contributed by atoms with Gasteiger partial charge in [-0.3, -0.25) is 14.6 Å². The monoisotopic (exact) mass is 324 g/mol. The van der Waals surface area contributed by atoms with Crippen LogP contribution in [0, 0.1) is 0 Å². The van der Waals surface area contributed by atoms with Crippen LogP contribution in [0.15, 0.2) is 48.8 Å². The van der Waals surface area contributed by atoms with E-state index in [-0.39, 0.29) is 17.9 Å². The zero-order valence-corrected chi connectivity index (χ0v) is 13.3. The van der Waals surface area contributed by atoms with E-state index in [1.54, 1.807) is 36.7 Å². The van der Waals surface area contributed by atoms with Gasteiger partial charge < -0.3 is 16.0 Å². The Hall–Kier alpha value is -2.73. The number of nitrogens with one attached hydrogen (secondary N) is 3. The molecule has 1 atom stereocenters. The lowest BCUT2D eigenvalue weighted by molar-refractivity contribution is -0.122. The molecule has 0 saturated carbocycles. The molecule has 1 aromatic heterocycles. The van der Waals surface area contributed by atoms with Crippen LogP contribution >= 0.6 is 0 Å². The first kappa shape index (κ1) is 16.1. The molecule has 1 aliphatic rings. The summed E-state index contributed by atoms with van der Waals surface area (Å²) in [6.45, 7) is 1.36. The fraction of sp³-hybridized carbons (Fsp3) is 0.278. The number of nitrogens with zero attached hydrogens (tertiary/aromatic N) is 1. The van der Waals surface area contributed by atoms with E-state index in [1.807, 2.05) is 12.1 Å². The topological polar surface area (TPSA) is 83.1 Å². The van der Waals surface area contributed by atoms with Gasteiger partial charge in [-0.25, -0.2) is 0 Å². The lowest BCUT2D eigenvalue weighted by atomic mass is 10.1. The molecule has 24 heavy (non-hydrogen) atoms. The van der Waals surface area contributed by atoms with Crippen molar-refractivity contribution >= 4 is 17.5 Å². The minimum atomic E-state index is -0.174. The zero-order valence-electron chi connectivity index (χ0n) is 13.3. The minimum absolute atomic E-state index is 0.0343. The van der Waals surface area contributed by atoms with Crippen LogP contribution < -0.4 is 16.0 Å². The van der Waals surface area contributed by atoms with Gasteiger partial charge >= 0.3 is 0 Å². The van der Waals surface area contributed by atoms with Gasteiger partial charge in [0.05, 0.1) is 6.04 Å². The summed E-state index contributed by atoms with van der Waals surface area (Å²) in [5.41, 5.74) is 2.23. The van der Waals surface area contributed by atoms with Gasteiger partial charge in [0.15, 0.2) is 0 Å². The third kappa shape index (κ3) is 4.17. The van der Waals surface area contributed by atoms with E-state index in [1.165, 1.54) is 0 Å². The summed E-state index contributed by atoms with van der Waals surface area (Å²) in [5, 5.41) is 8.90. The molecule has 1 unspecified atom stereocenters. The van der Waals surface area contributed by atoms with Gasteiger partial charge in [-0.2, -0.15) is 0 Å². The Morgan fingerprint density at radius 3 is 2.54 bits per heavy atom. The van der Waals surface area contributed by atoms with Crippen molar-refractivity contribution in [2.24, 2.45) is 0 Å². The zero-order chi connectivity index (χ0) is 16.8. The fourth-order valence-electron chi connectivity index (χ4n) is 2.63. The first-order valence-electron chi connectivity index (χ1n) is 8.04. The molecule has 1 fully saturated rings. The average Bonchev–Trinajstić information content (AvgIpc) is 3.16. The maximum absolute atomic E-state index is 12.2. The van der Waals surface area contributed by atoms with Gasteiger partial charge in [-0.1, -0.05) is 12.1 Å². The molecule has 0 aliphatic carbocycles. The number of hydrogen-bond donors (Lipinski definition) is 3. The molecule has 0 radical (unpaired) electrons. The minimum Gasteiger partial charge on any atom is -0.351 e. The van der Waals surface area contributed by atoms with E-state index in [0.29, 0.717) is 17.8 Å². The van der Waals surface area contributed by atoms with E-state index in [0.717, 1.165) is 24.9 Å². The molecular weight excluding hydrogens is 304 g/mol. The summed E-state index contributed by atoms with van der Waals surface area (Å²) in [7, 11) is 0. The van der Waals surface area contributed by atoms with Crippen molar-refractivity contribution in [2.75, 3.05) is 11.9 Å². The first-order valence-corrected chi connectivity index (χ1v) is 8.04. The highest BCUT2D eigenvalue weighted by molar-refractivity contribution is 6.04. The number of hydrogen-bond acceptors (Lipinski definition) is 4. The first-order chi connectivity index (χ1) is 11.7. The summed E-state index contributed by atoms with van der Waals surface area (Å²) >= 11 is 0. The van der Waals surface area contributed by atoms with Crippen molar-refractivity contribution in [3.63, 3.8) is 0 Å². The van der Waals surface area contributed by atoms with Gasteiger partial charge in [0.2, 0.25) is 5.91 Å². The molecule has 2 heterocycles. The van der Waals surface area contributed by atoms with Gasteiger partial charge in [-0.05, 0) is 49.2 Å². The lowest BCUT2D eigenvalue weighted by Gasteiger charge is -2.11. The van der Waals surface area contributed by atoms with Crippen LogP contribution in [0.5, 0.6) is 0 Å². The number of carbonyl (C=O) groups excluding carboxylic acids is 2. The number of amides is 2. The Balaban J connectivity index is 1.53. The second kappa shape index (κ2) is 7.70. The van der Waals surface area contributed by atoms with Gasteiger partial charge in [0.1, 0.15) is 0 Å². The number of carbonyl (C=O) groups is 2. The summed E-state index contributed by atoms with van der Waals surface area (Å²) in [5.74, 6) is -0.140. The maximum atomic E-state index is 12.2. The molecule has 3 rings (SSSR count). The van der Waals surface area contributed by atoms with Crippen LogP contribution in [-0.2, 0) is 11.3 Å². The van der Waals surface area contributed by atoms with Crippen LogP contribution in [-0.4, -0.2) is 29.4 Å². The Kier molecular flexibility index (Phi) is 5.18. The van der Waals surface area contributed by atoms with E-state index in [2.05, 4.69) is 20.9 Å². The summed E-state index contributed by atoms with van der Waals surface area (Å²) in [4.78, 5) is 28.0. The largest absolute Gasteiger partial charge is 0.351 e. The van der Waals surface area contributed by atoms with E-state index >= 15 is 0 Å². The number of benzene rings is 1. The molecule has 2 aromatic rings. The number of aromatic nitrogens is 1. The molecule has 6 heteroatoms. The number of anilines is 1. The van der Waals surface area contributed by atoms with Crippen LogP contribution in [0.3, 0.4) is 0 Å². The van der Waals surface area contributed by atoms with Crippen molar-refractivity contribution in [3.05, 3.63) is 59.9 Å². The molecule has 1 aliphatic heterocycles. The Morgan fingerprint density at radius 2 is 1.88 bits per heavy atom. The summed E-state index contributed by atoms with van der Waals surface area (Å²) in [6.07, 6.45) is 5.18. The van der Waals surface area contributed by atoms with E-state index in [9.17, 15) is 9.59 Å². The molecule has 2 amide bonds. The molecule has 1 aromatic carbocycles. The smallest absolute Gasteiger partial charge is 0.255 e. The van der Waals surface area contributed by atoms with Crippen molar-refractivity contribution in [3.8, 4) is 0 Å². The molecule has 3 N–H and O–H groups in total. The number of pyridine rings is 1. The quantitative estimate of drug-likeness (QED) is 0.782. The third-order valence-corrected chi connectivity index (χ3v) is 4.00. The van der Waals surface area contributed by atoms with Crippen molar-refractivity contribution in [1.29, 1.82) is 0 Å². The van der Waals surface area contributed by atoms with Crippen molar-refractivity contribution in [1.82, 2.24) is 15.6 Å². The number of rotatable bonds is 5. The summed E-state index contributed by atoms with van der Waals surface area (Å²) < 4.78 is 0. The average molecular weight is 324 g/mol. The van der Waals surface area contributed by atoms with E-state index in [4.69, 9.17) is 0 Å². The predicted octanol–water partition coefficient (Wildman–Crippen LogP) is 1.70. The van der Waals surface area contributed by atoms with Crippen molar-refractivity contribution < 1.29 is 9.59 Å². The summed E-state index contributed by atoms with van der Waals surface area (Å²) in [6, 6.07) is 10.6. The Morgan fingerprint density at radius 1 is 1.12 bits per heavy atom. The van der Waals surface area contributed by atoms with Gasteiger partial charge in [0, 0.05) is 30.2 Å². The van der Waals surface area contributed by atoms with Gasteiger partial charge in [0.25, 0.3) is 5.91 Å². The lowest BCUT2D eigenvalue weighted by Crippen LogP contribution is -2.39. The third-order valence-electron chi connectivity index (χ3n) is 4.00. The van der Waals surface area contributed by atoms with Gasteiger partial charge in [-0.15, -0.1) is 0 Å². The van der Waals surface area contributed by atoms with Crippen LogP contribution in [0.4, 0.5) is 5.69 Å². The molecule has 0 bridgehead atoms. The van der Waals surface area contributed by atoms with E-state index < -0.39 is 0 Å². The standard InChI is InChI=1S/C18H20N4O2/c23-17(22-15-7-10-19-11-8-15)14-5-3-13(4-6-14)12-21-18(24)16-2-1-9-20-16/h3-8,10-11,16,20H,1-2,9,12H2,(H,21,24)(H,19,22,23). The highest BCUT2D eigenvalue weighted by atomic mass is 16.2. The molecule has 0 spiro atoms. The second-order valence-electron chi connectivity index (χ2n) is 5.75. The molecule has 1 saturated heterocycles. The predicted molar refractivity (Wildman–Crippen MR) is 91.5 cm³/mol. The maximum Gasteiger partial charge on any atom is 0.255 e. The van der Waals surface area contributed by atoms with Crippen molar-refractivity contribution in [2.45, 2.75) is 25.4 Å².